The number of ether oxygens (including phenoxy) is 2. The van der Waals surface area contributed by atoms with Crippen LogP contribution < -0.4 is 4.90 Å². The predicted octanol–water partition coefficient (Wildman–Crippen LogP) is 0.779. The van der Waals surface area contributed by atoms with Gasteiger partial charge in [0.2, 0.25) is 0 Å². The molecule has 1 aromatic rings. The van der Waals surface area contributed by atoms with Gasteiger partial charge in [0.05, 0.1) is 25.9 Å². The standard InChI is InChI=1S/C15H21N3O3/c1-2-21-15(19)13-4-3-5-16-14(13)18-7-6-17-8-9-20-11-12(17)10-18/h3-5,12H,2,6-11H2,1H3. The molecule has 2 fully saturated rings. The van der Waals surface area contributed by atoms with Crippen LogP contribution in [-0.2, 0) is 9.47 Å². The lowest BCUT2D eigenvalue weighted by Crippen LogP contribution is -2.58. The van der Waals surface area contributed by atoms with Gasteiger partial charge >= 0.3 is 5.97 Å². The van der Waals surface area contributed by atoms with Crippen LogP contribution in [-0.4, -0.2) is 67.9 Å². The lowest BCUT2D eigenvalue weighted by atomic mass is 10.1. The zero-order valence-electron chi connectivity index (χ0n) is 12.3. The quantitative estimate of drug-likeness (QED) is 0.767. The van der Waals surface area contributed by atoms with Crippen LogP contribution in [0, 0.1) is 0 Å². The number of carbonyl (C=O) groups excluding carboxylic acids is 1. The Balaban J connectivity index is 1.79. The minimum Gasteiger partial charge on any atom is -0.462 e. The van der Waals surface area contributed by atoms with Gasteiger partial charge in [-0.1, -0.05) is 0 Å². The number of nitrogens with zero attached hydrogens (tertiary/aromatic N) is 3. The van der Waals surface area contributed by atoms with Gasteiger partial charge < -0.3 is 14.4 Å². The Morgan fingerprint density at radius 1 is 1.48 bits per heavy atom. The monoisotopic (exact) mass is 291 g/mol. The molecule has 6 nitrogen and oxygen atoms in total. The van der Waals surface area contributed by atoms with E-state index in [1.165, 1.54) is 0 Å². The Morgan fingerprint density at radius 2 is 2.38 bits per heavy atom. The van der Waals surface area contributed by atoms with Crippen molar-refractivity contribution in [2.24, 2.45) is 0 Å². The largest absolute Gasteiger partial charge is 0.462 e. The summed E-state index contributed by atoms with van der Waals surface area (Å²) in [4.78, 5) is 21.1. The van der Waals surface area contributed by atoms with Gasteiger partial charge in [-0.25, -0.2) is 9.78 Å². The van der Waals surface area contributed by atoms with E-state index in [4.69, 9.17) is 9.47 Å². The molecule has 2 aliphatic heterocycles. The Bertz CT molecular complexity index is 509. The number of morpholine rings is 1. The van der Waals surface area contributed by atoms with Crippen LogP contribution in [0.2, 0.25) is 0 Å². The second kappa shape index (κ2) is 6.41. The van der Waals surface area contributed by atoms with Crippen LogP contribution in [0.3, 0.4) is 0 Å². The number of pyridine rings is 1. The SMILES string of the molecule is CCOC(=O)c1cccnc1N1CCN2CCOCC2C1. The molecule has 6 heteroatoms. The number of aromatic nitrogens is 1. The first-order valence-electron chi connectivity index (χ1n) is 7.48. The highest BCUT2D eigenvalue weighted by molar-refractivity contribution is 5.94. The fraction of sp³-hybridized carbons (Fsp3) is 0.600. The van der Waals surface area contributed by atoms with Crippen LogP contribution in [0.4, 0.5) is 5.82 Å². The number of piperazine rings is 1. The zero-order chi connectivity index (χ0) is 14.7. The first kappa shape index (κ1) is 14.3. The second-order valence-electron chi connectivity index (χ2n) is 5.31. The van der Waals surface area contributed by atoms with E-state index in [9.17, 15) is 4.79 Å². The fourth-order valence-electron chi connectivity index (χ4n) is 2.96. The van der Waals surface area contributed by atoms with Gasteiger partial charge in [0.25, 0.3) is 0 Å². The molecule has 0 amide bonds. The molecule has 0 bridgehead atoms. The topological polar surface area (TPSA) is 54.9 Å². The fourth-order valence-corrected chi connectivity index (χ4v) is 2.96. The molecule has 0 aliphatic carbocycles. The Kier molecular flexibility index (Phi) is 4.36. The van der Waals surface area contributed by atoms with Gasteiger partial charge in [-0.3, -0.25) is 4.90 Å². The number of fused-ring (bicyclic) bond motifs is 1. The number of esters is 1. The first-order valence-corrected chi connectivity index (χ1v) is 7.48. The van der Waals surface area contributed by atoms with Crippen LogP contribution >= 0.6 is 0 Å². The van der Waals surface area contributed by atoms with E-state index in [0.29, 0.717) is 18.2 Å². The van der Waals surface area contributed by atoms with E-state index in [-0.39, 0.29) is 5.97 Å². The van der Waals surface area contributed by atoms with Crippen molar-refractivity contribution in [3.8, 4) is 0 Å². The Hall–Kier alpha value is -1.66. The number of carbonyl (C=O) groups is 1. The predicted molar refractivity (Wildman–Crippen MR) is 78.6 cm³/mol. The first-order chi connectivity index (χ1) is 10.3. The van der Waals surface area contributed by atoms with E-state index in [0.717, 1.165) is 45.2 Å². The van der Waals surface area contributed by atoms with Crippen LogP contribution in [0.5, 0.6) is 0 Å². The normalized spacial score (nSPS) is 22.7. The number of hydrogen-bond acceptors (Lipinski definition) is 6. The Morgan fingerprint density at radius 3 is 3.24 bits per heavy atom. The third kappa shape index (κ3) is 3.01. The highest BCUT2D eigenvalue weighted by Gasteiger charge is 2.31. The van der Waals surface area contributed by atoms with E-state index in [1.807, 2.05) is 6.92 Å². The molecule has 0 saturated carbocycles. The lowest BCUT2D eigenvalue weighted by molar-refractivity contribution is -0.0118. The second-order valence-corrected chi connectivity index (χ2v) is 5.31. The molecule has 3 rings (SSSR count). The molecule has 1 aromatic heterocycles. The van der Waals surface area contributed by atoms with Gasteiger partial charge in [0.15, 0.2) is 0 Å². The van der Waals surface area contributed by atoms with E-state index in [2.05, 4.69) is 14.8 Å². The summed E-state index contributed by atoms with van der Waals surface area (Å²) in [5.74, 6) is 0.420. The molecule has 2 saturated heterocycles. The molecule has 1 atom stereocenters. The van der Waals surface area contributed by atoms with Gasteiger partial charge in [-0.2, -0.15) is 0 Å². The van der Waals surface area contributed by atoms with Crippen molar-refractivity contribution in [3.63, 3.8) is 0 Å². The molecule has 0 N–H and O–H groups in total. The molecule has 3 heterocycles. The van der Waals surface area contributed by atoms with Crippen molar-refractivity contribution in [1.29, 1.82) is 0 Å². The molecule has 0 radical (unpaired) electrons. The summed E-state index contributed by atoms with van der Waals surface area (Å²) in [6, 6.07) is 3.93. The lowest BCUT2D eigenvalue weighted by Gasteiger charge is -2.44. The van der Waals surface area contributed by atoms with Crippen molar-refractivity contribution < 1.29 is 14.3 Å². The van der Waals surface area contributed by atoms with Gasteiger partial charge in [0, 0.05) is 32.4 Å². The molecule has 1 unspecified atom stereocenters. The summed E-state index contributed by atoms with van der Waals surface area (Å²) in [6.07, 6.45) is 1.72. The highest BCUT2D eigenvalue weighted by atomic mass is 16.5. The van der Waals surface area contributed by atoms with E-state index < -0.39 is 0 Å². The minimum atomic E-state index is -0.303. The molecule has 21 heavy (non-hydrogen) atoms. The summed E-state index contributed by atoms with van der Waals surface area (Å²) in [7, 11) is 0. The molecule has 2 aliphatic rings. The molecular formula is C15H21N3O3. The van der Waals surface area contributed by atoms with Gasteiger partial charge in [0.1, 0.15) is 11.4 Å². The molecular weight excluding hydrogens is 270 g/mol. The van der Waals surface area contributed by atoms with Crippen molar-refractivity contribution in [2.75, 3.05) is 50.9 Å². The van der Waals surface area contributed by atoms with Crippen LogP contribution in [0.1, 0.15) is 17.3 Å². The average molecular weight is 291 g/mol. The zero-order valence-corrected chi connectivity index (χ0v) is 12.3. The third-order valence-electron chi connectivity index (χ3n) is 4.02. The maximum atomic E-state index is 12.1. The van der Waals surface area contributed by atoms with Crippen molar-refractivity contribution in [3.05, 3.63) is 23.9 Å². The maximum absolute atomic E-state index is 12.1. The maximum Gasteiger partial charge on any atom is 0.341 e. The third-order valence-corrected chi connectivity index (χ3v) is 4.02. The van der Waals surface area contributed by atoms with Gasteiger partial charge in [-0.15, -0.1) is 0 Å². The van der Waals surface area contributed by atoms with Gasteiger partial charge in [-0.05, 0) is 19.1 Å². The molecule has 0 spiro atoms. The number of rotatable bonds is 3. The van der Waals surface area contributed by atoms with E-state index in [1.54, 1.807) is 18.3 Å². The minimum absolute atomic E-state index is 0.303. The van der Waals surface area contributed by atoms with Crippen molar-refractivity contribution in [1.82, 2.24) is 9.88 Å². The summed E-state index contributed by atoms with van der Waals surface area (Å²) in [5, 5.41) is 0. The molecule has 0 aromatic carbocycles. The highest BCUT2D eigenvalue weighted by Crippen LogP contribution is 2.23. The van der Waals surface area contributed by atoms with E-state index >= 15 is 0 Å². The Labute approximate surface area is 124 Å². The van der Waals surface area contributed by atoms with Crippen molar-refractivity contribution >= 4 is 11.8 Å². The summed E-state index contributed by atoms with van der Waals surface area (Å²) in [5.41, 5.74) is 0.546. The summed E-state index contributed by atoms with van der Waals surface area (Å²) in [6.45, 7) is 7.43. The average Bonchev–Trinajstić information content (AvgIpc) is 2.54. The summed E-state index contributed by atoms with van der Waals surface area (Å²) < 4.78 is 10.7. The van der Waals surface area contributed by atoms with Crippen molar-refractivity contribution in [2.45, 2.75) is 13.0 Å². The van der Waals surface area contributed by atoms with Crippen LogP contribution in [0.15, 0.2) is 18.3 Å². The molecule has 114 valence electrons. The summed E-state index contributed by atoms with van der Waals surface area (Å²) >= 11 is 0. The number of hydrogen-bond donors (Lipinski definition) is 0. The van der Waals surface area contributed by atoms with Crippen LogP contribution in [0.25, 0.3) is 0 Å². The number of anilines is 1. The smallest absolute Gasteiger partial charge is 0.341 e.